The second-order valence-electron chi connectivity index (χ2n) is 6.36. The summed E-state index contributed by atoms with van der Waals surface area (Å²) in [4.78, 5) is 14.1. The number of likely N-dealkylation sites (N-methyl/N-ethyl adjacent to an activating group) is 1. The monoisotopic (exact) mass is 254 g/mol. The van der Waals surface area contributed by atoms with Crippen molar-refractivity contribution >= 4 is 5.91 Å². The molecule has 0 radical (unpaired) electrons. The van der Waals surface area contributed by atoms with Crippen LogP contribution in [0.5, 0.6) is 0 Å². The predicted octanol–water partition coefficient (Wildman–Crippen LogP) is 2.80. The molecular weight excluding hydrogens is 224 g/mol. The number of carbonyl (C=O) groups is 1. The molecule has 1 N–H and O–H groups in total. The van der Waals surface area contributed by atoms with E-state index in [-0.39, 0.29) is 11.9 Å². The molecule has 0 heterocycles. The zero-order valence-electron chi connectivity index (χ0n) is 12.8. The smallest absolute Gasteiger partial charge is 0.239 e. The lowest BCUT2D eigenvalue weighted by Crippen LogP contribution is -2.50. The first-order valence-corrected chi connectivity index (χ1v) is 7.44. The van der Waals surface area contributed by atoms with E-state index in [0.29, 0.717) is 11.5 Å². The van der Waals surface area contributed by atoms with Crippen LogP contribution in [0.1, 0.15) is 60.3 Å². The summed E-state index contributed by atoms with van der Waals surface area (Å²) in [5.41, 5.74) is 0.424. The minimum absolute atomic E-state index is 0.0520. The van der Waals surface area contributed by atoms with E-state index in [0.717, 1.165) is 13.1 Å². The van der Waals surface area contributed by atoms with E-state index >= 15 is 0 Å². The molecule has 1 aliphatic rings. The van der Waals surface area contributed by atoms with Gasteiger partial charge in [0.1, 0.15) is 0 Å². The van der Waals surface area contributed by atoms with Crippen LogP contribution in [-0.4, -0.2) is 36.0 Å². The topological polar surface area (TPSA) is 32.3 Å². The molecule has 1 rings (SSSR count). The first-order chi connectivity index (χ1) is 8.39. The van der Waals surface area contributed by atoms with E-state index < -0.39 is 0 Å². The van der Waals surface area contributed by atoms with Crippen LogP contribution in [0, 0.1) is 5.41 Å². The third-order valence-electron chi connectivity index (χ3n) is 4.14. The van der Waals surface area contributed by atoms with E-state index in [1.807, 2.05) is 25.7 Å². The van der Waals surface area contributed by atoms with Gasteiger partial charge in [0.25, 0.3) is 0 Å². The van der Waals surface area contributed by atoms with Crippen molar-refractivity contribution in [3.63, 3.8) is 0 Å². The lowest BCUT2D eigenvalue weighted by molar-refractivity contribution is -0.133. The van der Waals surface area contributed by atoms with Gasteiger partial charge in [-0.2, -0.15) is 0 Å². The van der Waals surface area contributed by atoms with Gasteiger partial charge in [0, 0.05) is 19.1 Å². The van der Waals surface area contributed by atoms with Gasteiger partial charge < -0.3 is 10.2 Å². The third kappa shape index (κ3) is 4.27. The molecule has 1 amide bonds. The highest BCUT2D eigenvalue weighted by atomic mass is 16.2. The Hall–Kier alpha value is -0.570. The maximum atomic E-state index is 12.2. The van der Waals surface area contributed by atoms with Gasteiger partial charge in [-0.25, -0.2) is 0 Å². The number of amides is 1. The summed E-state index contributed by atoms with van der Waals surface area (Å²) < 4.78 is 0. The van der Waals surface area contributed by atoms with Crippen LogP contribution in [0.15, 0.2) is 0 Å². The molecule has 0 aliphatic heterocycles. The summed E-state index contributed by atoms with van der Waals surface area (Å²) in [6, 6.07) is 0.451. The number of hydrogen-bond acceptors (Lipinski definition) is 2. The van der Waals surface area contributed by atoms with E-state index in [4.69, 9.17) is 0 Å². The van der Waals surface area contributed by atoms with Gasteiger partial charge >= 0.3 is 0 Å². The minimum atomic E-state index is -0.0520. The molecule has 0 bridgehead atoms. The molecule has 0 aromatic heterocycles. The number of nitrogens with one attached hydrogen (secondary N) is 1. The predicted molar refractivity (Wildman–Crippen MR) is 76.6 cm³/mol. The Morgan fingerprint density at radius 1 is 1.39 bits per heavy atom. The van der Waals surface area contributed by atoms with Gasteiger partial charge in [-0.1, -0.05) is 20.3 Å². The second-order valence-corrected chi connectivity index (χ2v) is 6.36. The number of nitrogens with zero attached hydrogens (tertiary/aromatic N) is 1. The van der Waals surface area contributed by atoms with E-state index in [1.54, 1.807) is 0 Å². The Morgan fingerprint density at radius 3 is 2.50 bits per heavy atom. The molecule has 0 aromatic carbocycles. The summed E-state index contributed by atoms with van der Waals surface area (Å²) in [7, 11) is 0. The molecule has 2 atom stereocenters. The summed E-state index contributed by atoms with van der Waals surface area (Å²) >= 11 is 0. The van der Waals surface area contributed by atoms with E-state index in [1.165, 1.54) is 25.7 Å². The van der Waals surface area contributed by atoms with Crippen molar-refractivity contribution < 1.29 is 4.79 Å². The Kier molecular flexibility index (Phi) is 5.64. The molecule has 1 saturated carbocycles. The highest BCUT2D eigenvalue weighted by Gasteiger charge is 2.30. The summed E-state index contributed by atoms with van der Waals surface area (Å²) in [6.45, 7) is 12.3. The SMILES string of the molecule is CCN(CC)C(=O)C(C)NC1CCCC(C)(C)C1. The molecule has 1 fully saturated rings. The quantitative estimate of drug-likeness (QED) is 0.818. The van der Waals surface area contributed by atoms with Crippen molar-refractivity contribution in [3.05, 3.63) is 0 Å². The van der Waals surface area contributed by atoms with Crippen LogP contribution < -0.4 is 5.32 Å². The van der Waals surface area contributed by atoms with Gasteiger partial charge in [-0.3, -0.25) is 4.79 Å². The minimum Gasteiger partial charge on any atom is -0.342 e. The molecule has 18 heavy (non-hydrogen) atoms. The maximum Gasteiger partial charge on any atom is 0.239 e. The van der Waals surface area contributed by atoms with Crippen LogP contribution in [0.25, 0.3) is 0 Å². The van der Waals surface area contributed by atoms with Crippen LogP contribution in [0.3, 0.4) is 0 Å². The highest BCUT2D eigenvalue weighted by Crippen LogP contribution is 2.35. The van der Waals surface area contributed by atoms with Crippen molar-refractivity contribution in [1.29, 1.82) is 0 Å². The Morgan fingerprint density at radius 2 is 2.00 bits per heavy atom. The molecular formula is C15H30N2O. The lowest BCUT2D eigenvalue weighted by atomic mass is 9.75. The third-order valence-corrected chi connectivity index (χ3v) is 4.14. The van der Waals surface area contributed by atoms with Gasteiger partial charge in [-0.15, -0.1) is 0 Å². The Labute approximate surface area is 112 Å². The van der Waals surface area contributed by atoms with Crippen molar-refractivity contribution in [2.45, 2.75) is 72.4 Å². The van der Waals surface area contributed by atoms with E-state index in [9.17, 15) is 4.79 Å². The summed E-state index contributed by atoms with van der Waals surface area (Å²) in [6.07, 6.45) is 4.97. The second kappa shape index (κ2) is 6.55. The van der Waals surface area contributed by atoms with Gasteiger partial charge in [0.05, 0.1) is 6.04 Å². The Balaban J connectivity index is 2.48. The maximum absolute atomic E-state index is 12.2. The normalized spacial score (nSPS) is 24.6. The molecule has 1 aliphatic carbocycles. The molecule has 106 valence electrons. The Bertz CT molecular complexity index is 272. The molecule has 0 saturated heterocycles. The molecule has 0 aromatic rings. The largest absolute Gasteiger partial charge is 0.342 e. The van der Waals surface area contributed by atoms with Gasteiger partial charge in [0.2, 0.25) is 5.91 Å². The molecule has 3 heteroatoms. The molecule has 2 unspecified atom stereocenters. The molecule has 0 spiro atoms. The number of hydrogen-bond donors (Lipinski definition) is 1. The van der Waals surface area contributed by atoms with Crippen molar-refractivity contribution in [1.82, 2.24) is 10.2 Å². The summed E-state index contributed by atoms with van der Waals surface area (Å²) in [5, 5.41) is 3.53. The van der Waals surface area contributed by atoms with Gasteiger partial charge in [-0.05, 0) is 45.4 Å². The highest BCUT2D eigenvalue weighted by molar-refractivity contribution is 5.81. The number of rotatable bonds is 5. The van der Waals surface area contributed by atoms with Crippen LogP contribution >= 0.6 is 0 Å². The first kappa shape index (κ1) is 15.5. The summed E-state index contributed by atoms with van der Waals surface area (Å²) in [5.74, 6) is 0.239. The van der Waals surface area contributed by atoms with E-state index in [2.05, 4.69) is 19.2 Å². The van der Waals surface area contributed by atoms with Crippen LogP contribution in [0.2, 0.25) is 0 Å². The van der Waals surface area contributed by atoms with Gasteiger partial charge in [0.15, 0.2) is 0 Å². The van der Waals surface area contributed by atoms with Crippen molar-refractivity contribution in [2.24, 2.45) is 5.41 Å². The average molecular weight is 254 g/mol. The lowest BCUT2D eigenvalue weighted by Gasteiger charge is -2.37. The first-order valence-electron chi connectivity index (χ1n) is 7.44. The molecule has 3 nitrogen and oxygen atoms in total. The fourth-order valence-electron chi connectivity index (χ4n) is 3.07. The van der Waals surface area contributed by atoms with Crippen LogP contribution in [0.4, 0.5) is 0 Å². The fraction of sp³-hybridized carbons (Fsp3) is 0.933. The van der Waals surface area contributed by atoms with Crippen molar-refractivity contribution in [3.8, 4) is 0 Å². The fourth-order valence-corrected chi connectivity index (χ4v) is 3.07. The van der Waals surface area contributed by atoms with Crippen molar-refractivity contribution in [2.75, 3.05) is 13.1 Å². The zero-order chi connectivity index (χ0) is 13.8. The average Bonchev–Trinajstić information content (AvgIpc) is 2.29. The number of carbonyl (C=O) groups excluding carboxylic acids is 1. The van der Waals surface area contributed by atoms with Crippen LogP contribution in [-0.2, 0) is 4.79 Å². The zero-order valence-corrected chi connectivity index (χ0v) is 12.8. The standard InChI is InChI=1S/C15H30N2O/c1-6-17(7-2)14(18)12(3)16-13-9-8-10-15(4,5)11-13/h12-13,16H,6-11H2,1-5H3.